The Morgan fingerprint density at radius 1 is 0.946 bits per heavy atom. The number of Topliss-reactive ketones (excluding diaryl/α,β-unsaturated/α-hetero) is 1. The molecule has 37 heavy (non-hydrogen) atoms. The van der Waals surface area contributed by atoms with Crippen LogP contribution >= 0.6 is 0 Å². The minimum absolute atomic E-state index is 0.0370. The van der Waals surface area contributed by atoms with Crippen LogP contribution in [-0.2, 0) is 9.59 Å². The van der Waals surface area contributed by atoms with Crippen molar-refractivity contribution in [3.63, 3.8) is 0 Å². The van der Waals surface area contributed by atoms with Crippen molar-refractivity contribution in [2.24, 2.45) is 0 Å². The molecule has 1 atom stereocenters. The van der Waals surface area contributed by atoms with E-state index in [0.717, 1.165) is 17.2 Å². The van der Waals surface area contributed by atoms with Crippen LogP contribution in [0.25, 0.3) is 5.76 Å². The van der Waals surface area contributed by atoms with E-state index in [0.29, 0.717) is 29.4 Å². The van der Waals surface area contributed by atoms with E-state index < -0.39 is 29.3 Å². The molecule has 0 radical (unpaired) electrons. The molecule has 8 heteroatoms. The first-order valence-corrected chi connectivity index (χ1v) is 11.7. The van der Waals surface area contributed by atoms with Gasteiger partial charge in [0.15, 0.2) is 11.5 Å². The summed E-state index contributed by atoms with van der Waals surface area (Å²) in [6.45, 7) is 5.90. The van der Waals surface area contributed by atoms with E-state index >= 15 is 0 Å². The summed E-state index contributed by atoms with van der Waals surface area (Å²) >= 11 is 0. The molecule has 1 saturated heterocycles. The molecule has 3 aromatic rings. The molecule has 0 aromatic heterocycles. The van der Waals surface area contributed by atoms with Crippen LogP contribution in [0, 0.1) is 19.7 Å². The summed E-state index contributed by atoms with van der Waals surface area (Å²) in [5.41, 5.74) is 2.44. The summed E-state index contributed by atoms with van der Waals surface area (Å²) in [6, 6.07) is 13.2. The average molecular weight is 506 g/mol. The summed E-state index contributed by atoms with van der Waals surface area (Å²) in [6.07, 6.45) is 0. The zero-order valence-electron chi connectivity index (χ0n) is 21.3. The van der Waals surface area contributed by atoms with Crippen molar-refractivity contribution in [2.75, 3.05) is 25.7 Å². The number of ether oxygens (including phenoxy) is 3. The summed E-state index contributed by atoms with van der Waals surface area (Å²) in [4.78, 5) is 28.4. The lowest BCUT2D eigenvalue weighted by atomic mass is 9.94. The highest BCUT2D eigenvalue weighted by Gasteiger charge is 2.48. The second-order valence-corrected chi connectivity index (χ2v) is 8.65. The number of ketones is 1. The van der Waals surface area contributed by atoms with Gasteiger partial charge in [-0.15, -0.1) is 0 Å². The highest BCUT2D eigenvalue weighted by Crippen LogP contribution is 2.46. The standard InChI is InChI=1S/C29H28FNO6/c1-6-37-24-14-18(9-11-23(24)36-5)26-25(27(32)20-15-19(30)10-12-22(20)35-4)28(33)29(34)31(26)21-13-16(2)7-8-17(21)3/h7-15,26,32H,6H2,1-5H3/b27-25+. The SMILES string of the molecule is CCOc1cc(C2/C(=C(\O)c3cc(F)ccc3OC)C(=O)C(=O)N2c2cc(C)ccc2C)ccc1OC. The minimum atomic E-state index is -1.03. The van der Waals surface area contributed by atoms with Crippen LogP contribution < -0.4 is 19.1 Å². The Hall–Kier alpha value is -4.33. The molecule has 0 bridgehead atoms. The molecule has 1 N–H and O–H groups in total. The average Bonchev–Trinajstić information content (AvgIpc) is 3.15. The number of nitrogens with zero attached hydrogens (tertiary/aromatic N) is 1. The number of rotatable bonds is 7. The highest BCUT2D eigenvalue weighted by molar-refractivity contribution is 6.51. The number of anilines is 1. The van der Waals surface area contributed by atoms with Crippen molar-refractivity contribution >= 4 is 23.1 Å². The van der Waals surface area contributed by atoms with Crippen molar-refractivity contribution < 1.29 is 33.3 Å². The number of aryl methyl sites for hydroxylation is 2. The number of benzene rings is 3. The van der Waals surface area contributed by atoms with Gasteiger partial charge in [-0.3, -0.25) is 14.5 Å². The Morgan fingerprint density at radius 2 is 1.65 bits per heavy atom. The molecule has 0 spiro atoms. The van der Waals surface area contributed by atoms with Gasteiger partial charge in [0.1, 0.15) is 17.3 Å². The smallest absolute Gasteiger partial charge is 0.300 e. The number of methoxy groups -OCH3 is 2. The van der Waals surface area contributed by atoms with E-state index in [9.17, 15) is 19.1 Å². The van der Waals surface area contributed by atoms with Crippen LogP contribution in [-0.4, -0.2) is 37.6 Å². The van der Waals surface area contributed by atoms with Gasteiger partial charge < -0.3 is 19.3 Å². The minimum Gasteiger partial charge on any atom is -0.507 e. The number of carbonyl (C=O) groups is 2. The maximum absolute atomic E-state index is 14.2. The van der Waals surface area contributed by atoms with Gasteiger partial charge in [0.2, 0.25) is 0 Å². The third-order valence-electron chi connectivity index (χ3n) is 6.29. The fourth-order valence-corrected chi connectivity index (χ4v) is 4.52. The number of carbonyl (C=O) groups excluding carboxylic acids is 2. The van der Waals surface area contributed by atoms with E-state index in [4.69, 9.17) is 14.2 Å². The van der Waals surface area contributed by atoms with Crippen LogP contribution in [0.5, 0.6) is 17.2 Å². The molecular formula is C29H28FNO6. The molecule has 1 amide bonds. The zero-order chi connectivity index (χ0) is 26.9. The van der Waals surface area contributed by atoms with E-state index in [1.54, 1.807) is 18.2 Å². The molecule has 0 saturated carbocycles. The number of halogens is 1. The monoisotopic (exact) mass is 505 g/mol. The number of hydrogen-bond donors (Lipinski definition) is 1. The third kappa shape index (κ3) is 4.62. The zero-order valence-corrected chi connectivity index (χ0v) is 21.3. The normalized spacial score (nSPS) is 16.7. The van der Waals surface area contributed by atoms with Crippen LogP contribution in [0.3, 0.4) is 0 Å². The molecule has 7 nitrogen and oxygen atoms in total. The Bertz CT molecular complexity index is 1410. The Labute approximate surface area is 214 Å². The summed E-state index contributed by atoms with van der Waals surface area (Å²) in [5, 5.41) is 11.4. The molecule has 1 heterocycles. The number of amides is 1. The molecule has 1 unspecified atom stereocenters. The van der Waals surface area contributed by atoms with Crippen molar-refractivity contribution in [2.45, 2.75) is 26.8 Å². The fraction of sp³-hybridized carbons (Fsp3) is 0.241. The lowest BCUT2D eigenvalue weighted by Crippen LogP contribution is -2.30. The molecule has 1 aliphatic rings. The van der Waals surface area contributed by atoms with Crippen LogP contribution in [0.2, 0.25) is 0 Å². The first kappa shape index (κ1) is 25.8. The van der Waals surface area contributed by atoms with Crippen molar-refractivity contribution in [3.05, 3.63) is 88.2 Å². The van der Waals surface area contributed by atoms with Gasteiger partial charge in [-0.05, 0) is 73.9 Å². The Balaban J connectivity index is 2.04. The topological polar surface area (TPSA) is 85.3 Å². The second-order valence-electron chi connectivity index (χ2n) is 8.65. The largest absolute Gasteiger partial charge is 0.507 e. The van der Waals surface area contributed by atoms with Crippen LogP contribution in [0.15, 0.2) is 60.2 Å². The summed E-state index contributed by atoms with van der Waals surface area (Å²) < 4.78 is 30.6. The first-order chi connectivity index (χ1) is 17.7. The van der Waals surface area contributed by atoms with E-state index in [2.05, 4.69) is 0 Å². The van der Waals surface area contributed by atoms with E-state index in [1.807, 2.05) is 39.0 Å². The molecule has 192 valence electrons. The van der Waals surface area contributed by atoms with Crippen LogP contribution in [0.1, 0.15) is 35.2 Å². The van der Waals surface area contributed by atoms with Crippen molar-refractivity contribution in [1.82, 2.24) is 0 Å². The quantitative estimate of drug-likeness (QED) is 0.260. The van der Waals surface area contributed by atoms with Gasteiger partial charge >= 0.3 is 0 Å². The van der Waals surface area contributed by atoms with Gasteiger partial charge in [-0.2, -0.15) is 0 Å². The number of aliphatic hydroxyl groups is 1. The first-order valence-electron chi connectivity index (χ1n) is 11.7. The highest BCUT2D eigenvalue weighted by atomic mass is 19.1. The number of hydrogen-bond acceptors (Lipinski definition) is 6. The Kier molecular flexibility index (Phi) is 7.20. The Morgan fingerprint density at radius 3 is 2.32 bits per heavy atom. The summed E-state index contributed by atoms with van der Waals surface area (Å²) in [7, 11) is 2.88. The van der Waals surface area contributed by atoms with Crippen molar-refractivity contribution in [1.29, 1.82) is 0 Å². The predicted molar refractivity (Wildman–Crippen MR) is 138 cm³/mol. The maximum Gasteiger partial charge on any atom is 0.300 e. The van der Waals surface area contributed by atoms with Gasteiger partial charge in [-0.1, -0.05) is 18.2 Å². The molecule has 4 rings (SSSR count). The second kappa shape index (κ2) is 10.3. The van der Waals surface area contributed by atoms with Gasteiger partial charge in [0.25, 0.3) is 11.7 Å². The van der Waals surface area contributed by atoms with Gasteiger partial charge in [-0.25, -0.2) is 4.39 Å². The third-order valence-corrected chi connectivity index (χ3v) is 6.29. The van der Waals surface area contributed by atoms with Crippen molar-refractivity contribution in [3.8, 4) is 17.2 Å². The number of aliphatic hydroxyl groups excluding tert-OH is 1. The van der Waals surface area contributed by atoms with Crippen LogP contribution in [0.4, 0.5) is 10.1 Å². The maximum atomic E-state index is 14.2. The van der Waals surface area contributed by atoms with Gasteiger partial charge in [0, 0.05) is 5.69 Å². The van der Waals surface area contributed by atoms with Gasteiger partial charge in [0.05, 0.1) is 38.0 Å². The molecular weight excluding hydrogens is 477 g/mol. The molecule has 3 aromatic carbocycles. The van der Waals surface area contributed by atoms with E-state index in [-0.39, 0.29) is 16.9 Å². The lowest BCUT2D eigenvalue weighted by Gasteiger charge is -2.27. The molecule has 1 aliphatic heterocycles. The lowest BCUT2D eigenvalue weighted by molar-refractivity contribution is -0.132. The predicted octanol–water partition coefficient (Wildman–Crippen LogP) is 5.48. The van der Waals surface area contributed by atoms with E-state index in [1.165, 1.54) is 31.3 Å². The summed E-state index contributed by atoms with van der Waals surface area (Å²) in [5.74, 6) is -1.85. The fourth-order valence-electron chi connectivity index (χ4n) is 4.52. The molecule has 1 fully saturated rings. The molecule has 0 aliphatic carbocycles.